The van der Waals surface area contributed by atoms with Crippen LogP contribution >= 0.6 is 11.3 Å². The predicted octanol–water partition coefficient (Wildman–Crippen LogP) is 2.80. The van der Waals surface area contributed by atoms with Crippen molar-refractivity contribution < 1.29 is 14.3 Å². The van der Waals surface area contributed by atoms with Crippen LogP contribution in [-0.2, 0) is 20.9 Å². The number of hydrogen-bond acceptors (Lipinski definition) is 6. The summed E-state index contributed by atoms with van der Waals surface area (Å²) in [6.07, 6.45) is 7.78. The molecule has 3 atom stereocenters. The molecule has 2 saturated heterocycles. The van der Waals surface area contributed by atoms with Gasteiger partial charge < -0.3 is 20.7 Å². The van der Waals surface area contributed by atoms with E-state index in [2.05, 4.69) is 29.3 Å². The van der Waals surface area contributed by atoms with Crippen molar-refractivity contribution in [2.45, 2.75) is 102 Å². The van der Waals surface area contributed by atoms with Crippen LogP contribution in [0.3, 0.4) is 0 Å². The number of piperidine rings is 1. The Kier molecular flexibility index (Phi) is 8.43. The molecule has 33 heavy (non-hydrogen) atoms. The molecule has 0 radical (unpaired) electrons. The molecule has 184 valence electrons. The molecule has 0 spiro atoms. The maximum absolute atomic E-state index is 13.4. The van der Waals surface area contributed by atoms with E-state index in [9.17, 15) is 9.59 Å². The summed E-state index contributed by atoms with van der Waals surface area (Å²) in [7, 11) is 0. The molecule has 7 nitrogen and oxygen atoms in total. The van der Waals surface area contributed by atoms with E-state index in [0.717, 1.165) is 64.6 Å². The van der Waals surface area contributed by atoms with Crippen molar-refractivity contribution in [2.24, 2.45) is 5.73 Å². The van der Waals surface area contributed by atoms with E-state index < -0.39 is 6.04 Å². The van der Waals surface area contributed by atoms with Crippen molar-refractivity contribution in [3.63, 3.8) is 0 Å². The Morgan fingerprint density at radius 3 is 2.64 bits per heavy atom. The van der Waals surface area contributed by atoms with E-state index in [4.69, 9.17) is 10.5 Å². The Bertz CT molecular complexity index is 801. The highest BCUT2D eigenvalue weighted by Gasteiger charge is 2.38. The molecule has 0 aromatic carbocycles. The summed E-state index contributed by atoms with van der Waals surface area (Å²) in [5, 5.41) is 3.25. The average Bonchev–Trinajstić information content (AvgIpc) is 3.46. The first-order chi connectivity index (χ1) is 15.9. The van der Waals surface area contributed by atoms with Gasteiger partial charge in [0.05, 0.1) is 6.10 Å². The molecule has 8 heteroatoms. The number of ether oxygens (including phenoxy) is 1. The first-order valence-corrected chi connectivity index (χ1v) is 13.4. The van der Waals surface area contributed by atoms with Gasteiger partial charge in [-0.2, -0.15) is 0 Å². The molecule has 3 aliphatic rings. The van der Waals surface area contributed by atoms with E-state index in [-0.39, 0.29) is 36.0 Å². The normalized spacial score (nSPS) is 30.5. The average molecular weight is 477 g/mol. The van der Waals surface area contributed by atoms with Crippen LogP contribution in [0.15, 0.2) is 12.1 Å². The van der Waals surface area contributed by atoms with Gasteiger partial charge in [0.25, 0.3) is 0 Å². The lowest BCUT2D eigenvalue weighted by Gasteiger charge is -2.43. The van der Waals surface area contributed by atoms with Crippen molar-refractivity contribution >= 4 is 23.2 Å². The highest BCUT2D eigenvalue weighted by Crippen LogP contribution is 2.28. The lowest BCUT2D eigenvalue weighted by Crippen LogP contribution is -2.58. The Balaban J connectivity index is 1.46. The SMILES string of the molecule is CC(=O)N1CCC(N(Cc2ccc(C)s2)CC2CCCO2)C[C@@H]1C(=O)NC1CCC(N)CC1. The maximum Gasteiger partial charge on any atom is 0.243 e. The van der Waals surface area contributed by atoms with Gasteiger partial charge >= 0.3 is 0 Å². The topological polar surface area (TPSA) is 87.9 Å². The molecular formula is C25H40N4O3S. The lowest BCUT2D eigenvalue weighted by atomic mass is 9.90. The number of hydrogen-bond donors (Lipinski definition) is 2. The Morgan fingerprint density at radius 1 is 1.21 bits per heavy atom. The standard InChI is InChI=1S/C25H40N4O3S/c1-17-5-10-23(33-17)16-28(15-22-4-3-13-32-22)21-11-12-29(18(2)30)24(14-21)25(31)27-20-8-6-19(26)7-9-20/h5,10,19-22,24H,3-4,6-9,11-16,26H2,1-2H3,(H,27,31)/t19?,20?,21?,22?,24-/m1/s1. The number of aryl methyl sites for hydroxylation is 1. The highest BCUT2D eigenvalue weighted by molar-refractivity contribution is 7.11. The van der Waals surface area contributed by atoms with E-state index in [0.29, 0.717) is 13.0 Å². The van der Waals surface area contributed by atoms with E-state index in [1.807, 2.05) is 11.3 Å². The molecule has 2 unspecified atom stereocenters. The predicted molar refractivity (Wildman–Crippen MR) is 131 cm³/mol. The summed E-state index contributed by atoms with van der Waals surface area (Å²) in [6.45, 7) is 6.95. The van der Waals surface area contributed by atoms with Gasteiger partial charge in [0.2, 0.25) is 11.8 Å². The number of thiophene rings is 1. The molecule has 1 saturated carbocycles. The second-order valence-corrected chi connectivity index (χ2v) is 11.5. The number of rotatable bonds is 7. The summed E-state index contributed by atoms with van der Waals surface area (Å²) in [5.74, 6) is -0.0155. The number of carbonyl (C=O) groups excluding carboxylic acids is 2. The van der Waals surface area contributed by atoms with Gasteiger partial charge in [0.1, 0.15) is 6.04 Å². The minimum absolute atomic E-state index is 0.000550. The van der Waals surface area contributed by atoms with E-state index in [1.54, 1.807) is 11.8 Å². The molecule has 3 N–H and O–H groups in total. The zero-order valence-corrected chi connectivity index (χ0v) is 20.9. The third-order valence-electron chi connectivity index (χ3n) is 7.53. The number of nitrogens with two attached hydrogens (primary N) is 1. The largest absolute Gasteiger partial charge is 0.377 e. The number of carbonyl (C=O) groups is 2. The van der Waals surface area contributed by atoms with Gasteiger partial charge in [0, 0.05) is 61.0 Å². The van der Waals surface area contributed by atoms with Crippen LogP contribution in [0, 0.1) is 6.92 Å². The van der Waals surface area contributed by atoms with Crippen molar-refractivity contribution in [3.8, 4) is 0 Å². The van der Waals surface area contributed by atoms with Crippen molar-refractivity contribution in [3.05, 3.63) is 21.9 Å². The van der Waals surface area contributed by atoms with Crippen LogP contribution in [-0.4, -0.2) is 71.6 Å². The molecule has 3 heterocycles. The summed E-state index contributed by atoms with van der Waals surface area (Å²) in [6, 6.07) is 4.65. The molecule has 2 amide bonds. The fourth-order valence-electron chi connectivity index (χ4n) is 5.63. The maximum atomic E-state index is 13.4. The van der Waals surface area contributed by atoms with Crippen LogP contribution in [0.4, 0.5) is 0 Å². The summed E-state index contributed by atoms with van der Waals surface area (Å²) in [5.41, 5.74) is 6.04. The van der Waals surface area contributed by atoms with Crippen LogP contribution in [0.1, 0.15) is 68.0 Å². The smallest absolute Gasteiger partial charge is 0.243 e. The monoisotopic (exact) mass is 476 g/mol. The van der Waals surface area contributed by atoms with Crippen LogP contribution < -0.4 is 11.1 Å². The first-order valence-electron chi connectivity index (χ1n) is 12.6. The molecule has 4 rings (SSSR count). The zero-order valence-electron chi connectivity index (χ0n) is 20.1. The second kappa shape index (κ2) is 11.3. The number of amides is 2. The molecule has 3 fully saturated rings. The van der Waals surface area contributed by atoms with Gasteiger partial charge in [0.15, 0.2) is 0 Å². The quantitative estimate of drug-likeness (QED) is 0.632. The summed E-state index contributed by atoms with van der Waals surface area (Å²) < 4.78 is 5.97. The van der Waals surface area contributed by atoms with Gasteiger partial charge in [-0.05, 0) is 70.4 Å². The van der Waals surface area contributed by atoms with E-state index in [1.165, 1.54) is 9.75 Å². The second-order valence-electron chi connectivity index (χ2n) is 10.1. The van der Waals surface area contributed by atoms with Gasteiger partial charge in [-0.3, -0.25) is 14.5 Å². The van der Waals surface area contributed by atoms with Gasteiger partial charge in [-0.15, -0.1) is 11.3 Å². The van der Waals surface area contributed by atoms with Crippen molar-refractivity contribution in [2.75, 3.05) is 19.7 Å². The van der Waals surface area contributed by atoms with Crippen LogP contribution in [0.2, 0.25) is 0 Å². The van der Waals surface area contributed by atoms with Crippen molar-refractivity contribution in [1.29, 1.82) is 0 Å². The van der Waals surface area contributed by atoms with Gasteiger partial charge in [-0.25, -0.2) is 0 Å². The zero-order chi connectivity index (χ0) is 23.4. The molecule has 1 aliphatic carbocycles. The highest BCUT2D eigenvalue weighted by atomic mass is 32.1. The molecule has 1 aromatic rings. The minimum Gasteiger partial charge on any atom is -0.377 e. The third kappa shape index (κ3) is 6.56. The minimum atomic E-state index is -0.408. The van der Waals surface area contributed by atoms with Gasteiger partial charge in [-0.1, -0.05) is 0 Å². The number of nitrogens with one attached hydrogen (secondary N) is 1. The van der Waals surface area contributed by atoms with Crippen molar-refractivity contribution in [1.82, 2.24) is 15.1 Å². The fraction of sp³-hybridized carbons (Fsp3) is 0.760. The lowest BCUT2D eigenvalue weighted by molar-refractivity contribution is -0.142. The Hall–Kier alpha value is -1.48. The number of likely N-dealkylation sites (tertiary alicyclic amines) is 1. The summed E-state index contributed by atoms with van der Waals surface area (Å²) in [4.78, 5) is 32.7. The molecule has 1 aromatic heterocycles. The molecule has 0 bridgehead atoms. The van der Waals surface area contributed by atoms with E-state index >= 15 is 0 Å². The summed E-state index contributed by atoms with van der Waals surface area (Å²) >= 11 is 1.84. The molecular weight excluding hydrogens is 436 g/mol. The van der Waals surface area contributed by atoms with Crippen LogP contribution in [0.5, 0.6) is 0 Å². The third-order valence-corrected chi connectivity index (χ3v) is 8.52. The fourth-order valence-corrected chi connectivity index (χ4v) is 6.54. The molecule has 2 aliphatic heterocycles. The Morgan fingerprint density at radius 2 is 2.00 bits per heavy atom. The first kappa shape index (κ1) is 24.6. The van der Waals surface area contributed by atoms with Crippen LogP contribution in [0.25, 0.3) is 0 Å². The number of nitrogens with zero attached hydrogens (tertiary/aromatic N) is 2. The Labute approximate surface area is 202 Å².